The topological polar surface area (TPSA) is 83.4 Å². The molecule has 2 rings (SSSR count). The number of urea groups is 1. The molecule has 0 atom stereocenters. The molecule has 1 heterocycles. The van der Waals surface area contributed by atoms with E-state index in [9.17, 15) is 9.59 Å². The van der Waals surface area contributed by atoms with Crippen molar-refractivity contribution in [2.75, 3.05) is 6.54 Å². The fraction of sp³-hybridized carbons (Fsp3) is 0.625. The molecule has 0 aliphatic heterocycles. The van der Waals surface area contributed by atoms with Crippen LogP contribution in [0.4, 0.5) is 4.79 Å². The maximum Gasteiger partial charge on any atom is 0.315 e. The Hall–Kier alpha value is -1.98. The van der Waals surface area contributed by atoms with Crippen molar-refractivity contribution in [1.82, 2.24) is 16.0 Å². The highest BCUT2D eigenvalue weighted by Crippen LogP contribution is 2.17. The van der Waals surface area contributed by atoms with Gasteiger partial charge in [0.2, 0.25) is 5.91 Å². The predicted octanol–water partition coefficient (Wildman–Crippen LogP) is 2.31. The lowest BCUT2D eigenvalue weighted by molar-refractivity contribution is -0.121. The van der Waals surface area contributed by atoms with Gasteiger partial charge in [-0.05, 0) is 31.4 Å². The van der Waals surface area contributed by atoms with Crippen molar-refractivity contribution >= 4 is 11.9 Å². The van der Waals surface area contributed by atoms with Gasteiger partial charge in [0.05, 0.1) is 12.8 Å². The molecule has 1 aromatic rings. The zero-order valence-corrected chi connectivity index (χ0v) is 12.9. The maximum absolute atomic E-state index is 11.7. The average Bonchev–Trinajstić information content (AvgIpc) is 3.04. The van der Waals surface area contributed by atoms with Crippen molar-refractivity contribution in [3.8, 4) is 0 Å². The molecule has 1 aromatic heterocycles. The summed E-state index contributed by atoms with van der Waals surface area (Å²) in [4.78, 5) is 23.3. The Bertz CT molecular complexity index is 453. The SMILES string of the molecule is O=C(CCCNC(=O)NC1CCCCC1)NCc1ccco1. The van der Waals surface area contributed by atoms with Gasteiger partial charge in [0.1, 0.15) is 5.76 Å². The van der Waals surface area contributed by atoms with Gasteiger partial charge in [-0.15, -0.1) is 0 Å². The monoisotopic (exact) mass is 307 g/mol. The minimum absolute atomic E-state index is 0.0362. The largest absolute Gasteiger partial charge is 0.467 e. The molecule has 1 saturated carbocycles. The third kappa shape index (κ3) is 6.20. The van der Waals surface area contributed by atoms with Crippen LogP contribution in [0.15, 0.2) is 22.8 Å². The summed E-state index contributed by atoms with van der Waals surface area (Å²) in [5, 5.41) is 8.57. The van der Waals surface area contributed by atoms with Crippen LogP contribution in [0.2, 0.25) is 0 Å². The molecule has 1 aliphatic carbocycles. The van der Waals surface area contributed by atoms with Crippen molar-refractivity contribution in [2.45, 2.75) is 57.5 Å². The number of amides is 3. The molecule has 1 aliphatic rings. The predicted molar refractivity (Wildman–Crippen MR) is 83.2 cm³/mol. The van der Waals surface area contributed by atoms with Gasteiger partial charge in [-0.1, -0.05) is 19.3 Å². The molecule has 3 amide bonds. The molecule has 0 saturated heterocycles. The minimum Gasteiger partial charge on any atom is -0.467 e. The van der Waals surface area contributed by atoms with Gasteiger partial charge in [-0.2, -0.15) is 0 Å². The molecule has 0 radical (unpaired) electrons. The average molecular weight is 307 g/mol. The summed E-state index contributed by atoms with van der Waals surface area (Å²) in [5.41, 5.74) is 0. The molecule has 0 spiro atoms. The summed E-state index contributed by atoms with van der Waals surface area (Å²) in [6.07, 6.45) is 8.41. The Labute approximate surface area is 131 Å². The first kappa shape index (κ1) is 16.4. The lowest BCUT2D eigenvalue weighted by Crippen LogP contribution is -2.43. The molecular weight excluding hydrogens is 282 g/mol. The standard InChI is InChI=1S/C16H25N3O3/c20-15(18-12-14-8-5-11-22-14)9-4-10-17-16(21)19-13-6-2-1-3-7-13/h5,8,11,13H,1-4,6-7,9-10,12H2,(H,18,20)(H2,17,19,21). The number of carbonyl (C=O) groups is 2. The van der Waals surface area contributed by atoms with Crippen LogP contribution >= 0.6 is 0 Å². The van der Waals surface area contributed by atoms with Gasteiger partial charge in [-0.3, -0.25) is 4.79 Å². The first-order valence-corrected chi connectivity index (χ1v) is 8.07. The van der Waals surface area contributed by atoms with Crippen LogP contribution < -0.4 is 16.0 Å². The van der Waals surface area contributed by atoms with E-state index in [-0.39, 0.29) is 11.9 Å². The third-order valence-electron chi connectivity index (χ3n) is 3.85. The van der Waals surface area contributed by atoms with Crippen LogP contribution in [-0.2, 0) is 11.3 Å². The fourth-order valence-corrected chi connectivity index (χ4v) is 2.62. The third-order valence-corrected chi connectivity index (χ3v) is 3.85. The van der Waals surface area contributed by atoms with Crippen molar-refractivity contribution in [2.24, 2.45) is 0 Å². The number of hydrogen-bond acceptors (Lipinski definition) is 3. The van der Waals surface area contributed by atoms with E-state index in [1.165, 1.54) is 19.3 Å². The van der Waals surface area contributed by atoms with Crippen molar-refractivity contribution in [3.63, 3.8) is 0 Å². The maximum atomic E-state index is 11.7. The van der Waals surface area contributed by atoms with E-state index in [1.54, 1.807) is 12.3 Å². The number of carbonyl (C=O) groups excluding carboxylic acids is 2. The molecule has 0 bridgehead atoms. The minimum atomic E-state index is -0.122. The smallest absolute Gasteiger partial charge is 0.315 e. The van der Waals surface area contributed by atoms with Gasteiger partial charge in [0, 0.05) is 19.0 Å². The van der Waals surface area contributed by atoms with E-state index in [0.717, 1.165) is 18.6 Å². The number of rotatable bonds is 7. The number of hydrogen-bond donors (Lipinski definition) is 3. The van der Waals surface area contributed by atoms with Crippen LogP contribution in [0.1, 0.15) is 50.7 Å². The second-order valence-electron chi connectivity index (χ2n) is 5.69. The highest BCUT2D eigenvalue weighted by Gasteiger charge is 2.15. The van der Waals surface area contributed by atoms with Crippen molar-refractivity contribution in [1.29, 1.82) is 0 Å². The van der Waals surface area contributed by atoms with Crippen LogP contribution in [0.5, 0.6) is 0 Å². The quantitative estimate of drug-likeness (QED) is 0.676. The van der Waals surface area contributed by atoms with Crippen molar-refractivity contribution in [3.05, 3.63) is 24.2 Å². The Morgan fingerprint density at radius 1 is 1.18 bits per heavy atom. The van der Waals surface area contributed by atoms with E-state index in [2.05, 4.69) is 16.0 Å². The van der Waals surface area contributed by atoms with Crippen molar-refractivity contribution < 1.29 is 14.0 Å². The zero-order valence-electron chi connectivity index (χ0n) is 12.9. The summed E-state index contributed by atoms with van der Waals surface area (Å²) in [6.45, 7) is 0.911. The van der Waals surface area contributed by atoms with Gasteiger partial charge in [-0.25, -0.2) is 4.79 Å². The molecule has 1 fully saturated rings. The molecule has 0 aromatic carbocycles. The van der Waals surface area contributed by atoms with Crippen LogP contribution in [0.3, 0.4) is 0 Å². The van der Waals surface area contributed by atoms with E-state index in [0.29, 0.717) is 32.0 Å². The Morgan fingerprint density at radius 2 is 2.00 bits per heavy atom. The van der Waals surface area contributed by atoms with Gasteiger partial charge in [0.15, 0.2) is 0 Å². The number of nitrogens with one attached hydrogen (secondary N) is 3. The Morgan fingerprint density at radius 3 is 2.73 bits per heavy atom. The first-order valence-electron chi connectivity index (χ1n) is 8.07. The van der Waals surface area contributed by atoms with Gasteiger partial charge in [0.25, 0.3) is 0 Å². The number of furan rings is 1. The fourth-order valence-electron chi connectivity index (χ4n) is 2.62. The summed E-state index contributed by atoms with van der Waals surface area (Å²) in [7, 11) is 0. The lowest BCUT2D eigenvalue weighted by Gasteiger charge is -2.22. The molecule has 122 valence electrons. The van der Waals surface area contributed by atoms with Crippen LogP contribution in [0, 0.1) is 0 Å². The summed E-state index contributed by atoms with van der Waals surface area (Å²) in [6, 6.07) is 3.79. The second-order valence-corrected chi connectivity index (χ2v) is 5.69. The molecule has 3 N–H and O–H groups in total. The molecule has 6 heteroatoms. The van der Waals surface area contributed by atoms with Crippen LogP contribution in [0.25, 0.3) is 0 Å². The summed E-state index contributed by atoms with van der Waals surface area (Å²) >= 11 is 0. The van der Waals surface area contributed by atoms with E-state index < -0.39 is 0 Å². The lowest BCUT2D eigenvalue weighted by atomic mass is 9.96. The van der Waals surface area contributed by atoms with E-state index in [4.69, 9.17) is 4.42 Å². The Balaban J connectivity index is 1.49. The summed E-state index contributed by atoms with van der Waals surface area (Å²) in [5.74, 6) is 0.698. The van der Waals surface area contributed by atoms with Gasteiger partial charge < -0.3 is 20.4 Å². The first-order chi connectivity index (χ1) is 10.7. The molecule has 22 heavy (non-hydrogen) atoms. The summed E-state index contributed by atoms with van der Waals surface area (Å²) < 4.78 is 5.13. The molecular formula is C16H25N3O3. The Kier molecular flexibility index (Phi) is 6.80. The second kappa shape index (κ2) is 9.12. The highest BCUT2D eigenvalue weighted by molar-refractivity contribution is 5.76. The van der Waals surface area contributed by atoms with E-state index in [1.807, 2.05) is 6.07 Å². The van der Waals surface area contributed by atoms with E-state index >= 15 is 0 Å². The van der Waals surface area contributed by atoms with Crippen LogP contribution in [-0.4, -0.2) is 24.5 Å². The zero-order chi connectivity index (χ0) is 15.6. The highest BCUT2D eigenvalue weighted by atomic mass is 16.3. The molecule has 0 unspecified atom stereocenters. The molecule has 6 nitrogen and oxygen atoms in total. The van der Waals surface area contributed by atoms with Gasteiger partial charge >= 0.3 is 6.03 Å². The normalized spacial score (nSPS) is 15.3.